The molecule has 0 atom stereocenters. The molecule has 25 heavy (non-hydrogen) atoms. The lowest BCUT2D eigenvalue weighted by molar-refractivity contribution is -0.120. The maximum absolute atomic E-state index is 13.2. The average Bonchev–Trinajstić information content (AvgIpc) is 2.52. The summed E-state index contributed by atoms with van der Waals surface area (Å²) in [5.41, 5.74) is 1.76. The number of aromatic hydroxyl groups is 3. The molecule has 2 rings (SSSR count). The third kappa shape index (κ3) is 3.48. The number of rotatable bonds is 4. The molecule has 0 heterocycles. The van der Waals surface area contributed by atoms with Crippen molar-refractivity contribution in [3.05, 3.63) is 39.8 Å². The van der Waals surface area contributed by atoms with Crippen molar-refractivity contribution in [3.63, 3.8) is 0 Å². The van der Waals surface area contributed by atoms with E-state index in [0.29, 0.717) is 28.9 Å². The number of phenolic OH excluding ortho intramolecular Hbond substituents is 3. The molecule has 4 heteroatoms. The number of Topliss-reactive ketones (excluding diaryl/α,β-unsaturated/α-hetero) is 1. The van der Waals surface area contributed by atoms with E-state index in [4.69, 9.17) is 0 Å². The van der Waals surface area contributed by atoms with Crippen molar-refractivity contribution in [2.24, 2.45) is 5.41 Å². The van der Waals surface area contributed by atoms with Crippen LogP contribution in [0.3, 0.4) is 0 Å². The summed E-state index contributed by atoms with van der Waals surface area (Å²) in [6.45, 7) is 9.55. The lowest BCUT2D eigenvalue weighted by Crippen LogP contribution is -2.43. The standard InChI is InChI=1S/C21H26O4/c1-12(2)6-8-21(9-7-13(3)4)11-15-18(14(5)20(21)25)16(22)10-17(23)19(15)24/h6-7,10-11,22-24H,8-9H2,1-5H3. The molecule has 1 aromatic rings. The molecule has 0 unspecified atom stereocenters. The highest BCUT2D eigenvalue weighted by atomic mass is 16.3. The number of phenols is 3. The number of fused-ring (bicyclic) bond motifs is 1. The normalized spacial score (nSPS) is 15.2. The van der Waals surface area contributed by atoms with Crippen molar-refractivity contribution in [1.82, 2.24) is 0 Å². The van der Waals surface area contributed by atoms with Crippen molar-refractivity contribution in [1.29, 1.82) is 0 Å². The second-order valence-corrected chi connectivity index (χ2v) is 7.28. The molecule has 4 nitrogen and oxygen atoms in total. The Balaban J connectivity index is 2.85. The smallest absolute Gasteiger partial charge is 0.169 e. The second-order valence-electron chi connectivity index (χ2n) is 7.28. The van der Waals surface area contributed by atoms with Gasteiger partial charge >= 0.3 is 0 Å². The molecular formula is C21H26O4. The molecule has 0 fully saturated rings. The first-order chi connectivity index (χ1) is 11.6. The van der Waals surface area contributed by atoms with Crippen molar-refractivity contribution in [2.45, 2.75) is 47.5 Å². The van der Waals surface area contributed by atoms with Gasteiger partial charge in [-0.2, -0.15) is 0 Å². The van der Waals surface area contributed by atoms with Crippen LogP contribution in [0, 0.1) is 5.41 Å². The number of allylic oxidation sites excluding steroid dienone is 4. The third-order valence-electron chi connectivity index (χ3n) is 4.63. The summed E-state index contributed by atoms with van der Waals surface area (Å²) in [6.07, 6.45) is 6.69. The molecular weight excluding hydrogens is 316 g/mol. The van der Waals surface area contributed by atoms with Crippen LogP contribution in [0.5, 0.6) is 17.2 Å². The van der Waals surface area contributed by atoms with Crippen molar-refractivity contribution >= 4 is 17.4 Å². The van der Waals surface area contributed by atoms with Crippen LogP contribution in [0.4, 0.5) is 0 Å². The molecule has 0 radical (unpaired) electrons. The average molecular weight is 342 g/mol. The molecule has 0 saturated heterocycles. The lowest BCUT2D eigenvalue weighted by Gasteiger charge is -2.31. The van der Waals surface area contributed by atoms with Crippen LogP contribution < -0.4 is 10.4 Å². The van der Waals surface area contributed by atoms with Crippen LogP contribution in [0.25, 0.3) is 11.6 Å². The van der Waals surface area contributed by atoms with Crippen LogP contribution >= 0.6 is 0 Å². The molecule has 0 spiro atoms. The number of carbonyl (C=O) groups excluding carboxylic acids is 1. The Morgan fingerprint density at radius 1 is 1.00 bits per heavy atom. The lowest BCUT2D eigenvalue weighted by atomic mass is 9.70. The van der Waals surface area contributed by atoms with Crippen LogP contribution in [0.1, 0.15) is 47.5 Å². The van der Waals surface area contributed by atoms with Gasteiger partial charge in [-0.15, -0.1) is 0 Å². The molecule has 0 aromatic heterocycles. The number of hydrogen-bond donors (Lipinski definition) is 3. The zero-order valence-corrected chi connectivity index (χ0v) is 15.5. The maximum Gasteiger partial charge on any atom is 0.169 e. The van der Waals surface area contributed by atoms with Gasteiger partial charge in [0.1, 0.15) is 5.75 Å². The van der Waals surface area contributed by atoms with Gasteiger partial charge in [-0.25, -0.2) is 0 Å². The van der Waals surface area contributed by atoms with E-state index in [2.05, 4.69) is 0 Å². The molecule has 3 N–H and O–H groups in total. The molecule has 0 bridgehead atoms. The minimum Gasteiger partial charge on any atom is -0.507 e. The summed E-state index contributed by atoms with van der Waals surface area (Å²) < 4.78 is 0. The fourth-order valence-electron chi connectivity index (χ4n) is 3.19. The fraction of sp³-hybridized carbons (Fsp3) is 0.381. The highest BCUT2D eigenvalue weighted by Gasteiger charge is 2.38. The Kier molecular flexibility index (Phi) is 5.12. The zero-order valence-electron chi connectivity index (χ0n) is 15.5. The van der Waals surface area contributed by atoms with E-state index in [-0.39, 0.29) is 17.3 Å². The molecule has 0 saturated carbocycles. The van der Waals surface area contributed by atoms with E-state index in [9.17, 15) is 20.1 Å². The first-order valence-corrected chi connectivity index (χ1v) is 8.38. The van der Waals surface area contributed by atoms with Crippen LogP contribution in [-0.4, -0.2) is 21.1 Å². The summed E-state index contributed by atoms with van der Waals surface area (Å²) in [7, 11) is 0. The van der Waals surface area contributed by atoms with E-state index in [1.165, 1.54) is 0 Å². The topological polar surface area (TPSA) is 77.8 Å². The second kappa shape index (κ2) is 6.79. The number of carbonyl (C=O) groups is 1. The summed E-state index contributed by atoms with van der Waals surface area (Å²) in [5.74, 6) is -0.979. The van der Waals surface area contributed by atoms with E-state index in [0.717, 1.165) is 17.2 Å². The van der Waals surface area contributed by atoms with E-state index < -0.39 is 11.2 Å². The SMILES string of the molecule is CC(C)=CCC1(CC=C(C)C)C=c2c(O)c(O)cc(O)c2=C(C)C1=O. The molecule has 134 valence electrons. The Hall–Kier alpha value is -2.49. The predicted molar refractivity (Wildman–Crippen MR) is 99.8 cm³/mol. The third-order valence-corrected chi connectivity index (χ3v) is 4.63. The van der Waals surface area contributed by atoms with Crippen LogP contribution in [-0.2, 0) is 4.79 Å². The Bertz CT molecular complexity index is 873. The van der Waals surface area contributed by atoms with Gasteiger partial charge < -0.3 is 15.3 Å². The minimum absolute atomic E-state index is 0.0737. The zero-order chi connectivity index (χ0) is 18.9. The van der Waals surface area contributed by atoms with Crippen molar-refractivity contribution < 1.29 is 20.1 Å². The summed E-state index contributed by atoms with van der Waals surface area (Å²) >= 11 is 0. The highest BCUT2D eigenvalue weighted by molar-refractivity contribution is 6.21. The summed E-state index contributed by atoms with van der Waals surface area (Å²) in [5, 5.41) is 31.0. The molecule has 1 aromatic carbocycles. The first kappa shape index (κ1) is 18.8. The Morgan fingerprint density at radius 3 is 2.00 bits per heavy atom. The van der Waals surface area contributed by atoms with Gasteiger partial charge in [0, 0.05) is 22.1 Å². The predicted octanol–water partition coefficient (Wildman–Crippen LogP) is 3.04. The van der Waals surface area contributed by atoms with Gasteiger partial charge in [-0.3, -0.25) is 4.79 Å². The number of hydrogen-bond acceptors (Lipinski definition) is 4. The van der Waals surface area contributed by atoms with Gasteiger partial charge in [0.15, 0.2) is 17.3 Å². The Morgan fingerprint density at radius 2 is 1.52 bits per heavy atom. The highest BCUT2D eigenvalue weighted by Crippen LogP contribution is 2.38. The van der Waals surface area contributed by atoms with Crippen molar-refractivity contribution in [3.8, 4) is 17.2 Å². The minimum atomic E-state index is -0.844. The van der Waals surface area contributed by atoms with Crippen molar-refractivity contribution in [2.75, 3.05) is 0 Å². The van der Waals surface area contributed by atoms with Gasteiger partial charge in [0.2, 0.25) is 0 Å². The maximum atomic E-state index is 13.2. The van der Waals surface area contributed by atoms with Gasteiger partial charge in [0.25, 0.3) is 0 Å². The molecule has 1 aliphatic rings. The van der Waals surface area contributed by atoms with E-state index in [1.54, 1.807) is 13.0 Å². The van der Waals surface area contributed by atoms with Crippen LogP contribution in [0.15, 0.2) is 29.4 Å². The largest absolute Gasteiger partial charge is 0.507 e. The van der Waals surface area contributed by atoms with E-state index >= 15 is 0 Å². The molecule has 0 amide bonds. The summed E-state index contributed by atoms with van der Waals surface area (Å²) in [6, 6.07) is 1.07. The Labute approximate surface area is 148 Å². The quantitative estimate of drug-likeness (QED) is 0.446. The van der Waals surface area contributed by atoms with E-state index in [1.807, 2.05) is 39.8 Å². The molecule has 1 aliphatic carbocycles. The fourth-order valence-corrected chi connectivity index (χ4v) is 3.19. The van der Waals surface area contributed by atoms with Gasteiger partial charge in [0.05, 0.1) is 5.41 Å². The number of benzene rings is 1. The summed E-state index contributed by atoms with van der Waals surface area (Å²) in [4.78, 5) is 13.2. The molecule has 0 aliphatic heterocycles. The van der Waals surface area contributed by atoms with Gasteiger partial charge in [-0.05, 0) is 47.5 Å². The van der Waals surface area contributed by atoms with Crippen LogP contribution in [0.2, 0.25) is 0 Å². The number of ketones is 1. The monoisotopic (exact) mass is 342 g/mol. The first-order valence-electron chi connectivity index (χ1n) is 8.38. The van der Waals surface area contributed by atoms with Gasteiger partial charge in [-0.1, -0.05) is 29.4 Å².